The summed E-state index contributed by atoms with van der Waals surface area (Å²) in [5.41, 5.74) is -0.0542. The first-order valence-electron chi connectivity index (χ1n) is 5.68. The van der Waals surface area contributed by atoms with E-state index in [0.29, 0.717) is 11.4 Å². The van der Waals surface area contributed by atoms with Crippen molar-refractivity contribution in [3.8, 4) is 5.75 Å². The van der Waals surface area contributed by atoms with Gasteiger partial charge < -0.3 is 10.1 Å². The number of halogens is 4. The maximum Gasteiger partial charge on any atom is 0.416 e. The number of hydrogen-bond acceptors (Lipinski definition) is 2. The first-order chi connectivity index (χ1) is 9.41. The number of para-hydroxylation sites is 2. The van der Waals surface area contributed by atoms with E-state index in [-0.39, 0.29) is 10.7 Å². The van der Waals surface area contributed by atoms with Gasteiger partial charge in [-0.3, -0.25) is 0 Å². The predicted octanol–water partition coefficient (Wildman–Crippen LogP) is 5.11. The van der Waals surface area contributed by atoms with E-state index in [0.717, 1.165) is 12.1 Å². The van der Waals surface area contributed by atoms with Crippen molar-refractivity contribution in [1.29, 1.82) is 0 Å². The summed E-state index contributed by atoms with van der Waals surface area (Å²) in [6.45, 7) is 0. The van der Waals surface area contributed by atoms with E-state index in [4.69, 9.17) is 16.3 Å². The quantitative estimate of drug-likeness (QED) is 0.850. The summed E-state index contributed by atoms with van der Waals surface area (Å²) in [5.74, 6) is 0.515. The SMILES string of the molecule is COc1ccccc1Nc1cc(C(F)(F)F)ccc1Cl. The van der Waals surface area contributed by atoms with Crippen molar-refractivity contribution in [2.45, 2.75) is 6.18 Å². The van der Waals surface area contributed by atoms with Gasteiger partial charge in [-0.05, 0) is 30.3 Å². The lowest BCUT2D eigenvalue weighted by Crippen LogP contribution is -2.05. The number of anilines is 2. The molecule has 2 nitrogen and oxygen atoms in total. The van der Waals surface area contributed by atoms with Crippen molar-refractivity contribution in [2.75, 3.05) is 12.4 Å². The molecule has 2 aromatic carbocycles. The number of nitrogens with one attached hydrogen (secondary N) is 1. The molecule has 0 aromatic heterocycles. The van der Waals surface area contributed by atoms with Crippen LogP contribution in [0.1, 0.15) is 5.56 Å². The highest BCUT2D eigenvalue weighted by Crippen LogP contribution is 2.36. The maximum atomic E-state index is 12.7. The van der Waals surface area contributed by atoms with Crippen LogP contribution in [-0.4, -0.2) is 7.11 Å². The third kappa shape index (κ3) is 3.17. The van der Waals surface area contributed by atoms with Crippen LogP contribution in [0, 0.1) is 0 Å². The third-order valence-electron chi connectivity index (χ3n) is 2.67. The zero-order valence-electron chi connectivity index (χ0n) is 10.5. The smallest absolute Gasteiger partial charge is 0.416 e. The molecule has 0 aliphatic heterocycles. The summed E-state index contributed by atoms with van der Waals surface area (Å²) in [4.78, 5) is 0. The Balaban J connectivity index is 2.38. The fourth-order valence-electron chi connectivity index (χ4n) is 1.69. The first kappa shape index (κ1) is 14.5. The van der Waals surface area contributed by atoms with Crippen molar-refractivity contribution in [2.24, 2.45) is 0 Å². The number of rotatable bonds is 3. The van der Waals surface area contributed by atoms with Gasteiger partial charge in [0.2, 0.25) is 0 Å². The standard InChI is InChI=1S/C14H11ClF3NO/c1-20-13-5-3-2-4-11(13)19-12-8-9(14(16,17)18)6-7-10(12)15/h2-8,19H,1H3. The van der Waals surface area contributed by atoms with Crippen molar-refractivity contribution in [1.82, 2.24) is 0 Å². The number of ether oxygens (including phenoxy) is 1. The lowest BCUT2D eigenvalue weighted by molar-refractivity contribution is -0.137. The Kier molecular flexibility index (Phi) is 4.09. The van der Waals surface area contributed by atoms with Gasteiger partial charge in [0, 0.05) is 0 Å². The average molecular weight is 302 g/mol. The Morgan fingerprint density at radius 3 is 2.40 bits per heavy atom. The molecule has 0 atom stereocenters. The molecular weight excluding hydrogens is 291 g/mol. The van der Waals surface area contributed by atoms with E-state index in [1.165, 1.54) is 13.2 Å². The molecule has 2 aromatic rings. The molecule has 1 N–H and O–H groups in total. The van der Waals surface area contributed by atoms with Gasteiger partial charge in [-0.25, -0.2) is 0 Å². The number of methoxy groups -OCH3 is 1. The van der Waals surface area contributed by atoms with Crippen LogP contribution in [0.15, 0.2) is 42.5 Å². The molecule has 0 radical (unpaired) electrons. The summed E-state index contributed by atoms with van der Waals surface area (Å²) in [6.07, 6.45) is -4.41. The molecule has 0 saturated heterocycles. The van der Waals surface area contributed by atoms with Gasteiger partial charge in [-0.2, -0.15) is 13.2 Å². The Morgan fingerprint density at radius 1 is 1.05 bits per heavy atom. The highest BCUT2D eigenvalue weighted by Gasteiger charge is 2.31. The van der Waals surface area contributed by atoms with E-state index in [9.17, 15) is 13.2 Å². The molecule has 0 amide bonds. The highest BCUT2D eigenvalue weighted by atomic mass is 35.5. The Hall–Kier alpha value is -1.88. The van der Waals surface area contributed by atoms with E-state index in [2.05, 4.69) is 5.32 Å². The normalized spacial score (nSPS) is 11.2. The summed E-state index contributed by atoms with van der Waals surface area (Å²) in [6, 6.07) is 10.0. The summed E-state index contributed by atoms with van der Waals surface area (Å²) in [5, 5.41) is 3.05. The Morgan fingerprint density at radius 2 is 1.75 bits per heavy atom. The van der Waals surface area contributed by atoms with Crippen molar-refractivity contribution in [3.05, 3.63) is 53.1 Å². The largest absolute Gasteiger partial charge is 0.495 e. The number of benzene rings is 2. The second kappa shape index (κ2) is 5.63. The van der Waals surface area contributed by atoms with Crippen LogP contribution in [0.2, 0.25) is 5.02 Å². The molecule has 0 fully saturated rings. The summed E-state index contributed by atoms with van der Waals surface area (Å²) >= 11 is 5.92. The fourth-order valence-corrected chi connectivity index (χ4v) is 1.86. The van der Waals surface area contributed by atoms with Gasteiger partial charge in [-0.1, -0.05) is 23.7 Å². The topological polar surface area (TPSA) is 21.3 Å². The number of hydrogen-bond donors (Lipinski definition) is 1. The zero-order chi connectivity index (χ0) is 14.8. The minimum atomic E-state index is -4.41. The Bertz CT molecular complexity index is 614. The van der Waals surface area contributed by atoms with Gasteiger partial charge >= 0.3 is 6.18 Å². The molecule has 0 aliphatic rings. The van der Waals surface area contributed by atoms with Crippen molar-refractivity contribution >= 4 is 23.0 Å². The van der Waals surface area contributed by atoms with Crippen LogP contribution in [0.25, 0.3) is 0 Å². The first-order valence-corrected chi connectivity index (χ1v) is 6.06. The second-order valence-electron chi connectivity index (χ2n) is 4.02. The minimum absolute atomic E-state index is 0.172. The van der Waals surface area contributed by atoms with Crippen molar-refractivity contribution < 1.29 is 17.9 Å². The fraction of sp³-hybridized carbons (Fsp3) is 0.143. The molecule has 6 heteroatoms. The van der Waals surface area contributed by atoms with Gasteiger partial charge in [0.05, 0.1) is 29.1 Å². The minimum Gasteiger partial charge on any atom is -0.495 e. The molecule has 0 saturated carbocycles. The molecule has 0 heterocycles. The van der Waals surface area contributed by atoms with Crippen LogP contribution in [-0.2, 0) is 6.18 Å². The van der Waals surface area contributed by atoms with Crippen LogP contribution >= 0.6 is 11.6 Å². The molecule has 0 aliphatic carbocycles. The molecule has 0 bridgehead atoms. The monoisotopic (exact) mass is 301 g/mol. The molecule has 20 heavy (non-hydrogen) atoms. The number of alkyl halides is 3. The molecule has 106 valence electrons. The van der Waals surface area contributed by atoms with E-state index >= 15 is 0 Å². The highest BCUT2D eigenvalue weighted by molar-refractivity contribution is 6.33. The molecular formula is C14H11ClF3NO. The van der Waals surface area contributed by atoms with Gasteiger partial charge in [0.25, 0.3) is 0 Å². The third-order valence-corrected chi connectivity index (χ3v) is 3.00. The average Bonchev–Trinajstić information content (AvgIpc) is 2.40. The lowest BCUT2D eigenvalue weighted by Gasteiger charge is -2.14. The predicted molar refractivity (Wildman–Crippen MR) is 72.7 cm³/mol. The van der Waals surface area contributed by atoms with Crippen LogP contribution in [0.4, 0.5) is 24.5 Å². The molecule has 0 spiro atoms. The maximum absolute atomic E-state index is 12.7. The van der Waals surface area contributed by atoms with Crippen LogP contribution in [0.5, 0.6) is 5.75 Å². The molecule has 2 rings (SSSR count). The van der Waals surface area contributed by atoms with Crippen LogP contribution in [0.3, 0.4) is 0 Å². The second-order valence-corrected chi connectivity index (χ2v) is 4.42. The van der Waals surface area contributed by atoms with Crippen LogP contribution < -0.4 is 10.1 Å². The van der Waals surface area contributed by atoms with Gasteiger partial charge in [-0.15, -0.1) is 0 Å². The van der Waals surface area contributed by atoms with E-state index < -0.39 is 11.7 Å². The lowest BCUT2D eigenvalue weighted by atomic mass is 10.2. The zero-order valence-corrected chi connectivity index (χ0v) is 11.2. The summed E-state index contributed by atoms with van der Waals surface area (Å²) < 4.78 is 43.2. The Labute approximate surface area is 119 Å². The van der Waals surface area contributed by atoms with Gasteiger partial charge in [0.15, 0.2) is 0 Å². The molecule has 0 unspecified atom stereocenters. The summed E-state index contributed by atoms with van der Waals surface area (Å²) in [7, 11) is 1.48. The van der Waals surface area contributed by atoms with E-state index in [1.54, 1.807) is 24.3 Å². The van der Waals surface area contributed by atoms with Crippen molar-refractivity contribution in [3.63, 3.8) is 0 Å². The van der Waals surface area contributed by atoms with Gasteiger partial charge in [0.1, 0.15) is 5.75 Å². The van der Waals surface area contributed by atoms with E-state index in [1.807, 2.05) is 0 Å².